The number of fused-ring (bicyclic) bond motifs is 1. The zero-order chi connectivity index (χ0) is 18.4. The Kier molecular flexibility index (Phi) is 4.30. The van der Waals surface area contributed by atoms with Crippen LogP contribution in [0.2, 0.25) is 0 Å². The van der Waals surface area contributed by atoms with Crippen molar-refractivity contribution in [1.29, 1.82) is 0 Å². The minimum Gasteiger partial charge on any atom is -0.481 e. The Morgan fingerprint density at radius 2 is 1.84 bits per heavy atom. The molecule has 1 saturated heterocycles. The number of nitrogens with zero attached hydrogens (tertiary/aromatic N) is 1. The van der Waals surface area contributed by atoms with Gasteiger partial charge in [-0.1, -0.05) is 24.3 Å². The molecule has 1 aliphatic carbocycles. The van der Waals surface area contributed by atoms with Crippen LogP contribution < -0.4 is 0 Å². The summed E-state index contributed by atoms with van der Waals surface area (Å²) in [4.78, 5) is 36.9. The first-order valence-corrected chi connectivity index (χ1v) is 7.90. The van der Waals surface area contributed by atoms with E-state index in [-0.39, 0.29) is 18.6 Å². The highest BCUT2D eigenvalue weighted by Crippen LogP contribution is 2.40. The molecule has 5 nitrogen and oxygen atoms in total. The second-order valence-electron chi connectivity index (χ2n) is 6.44. The van der Waals surface area contributed by atoms with Crippen LogP contribution in [-0.4, -0.2) is 46.9 Å². The molecule has 8 heteroatoms. The van der Waals surface area contributed by atoms with Crippen LogP contribution in [0.3, 0.4) is 0 Å². The van der Waals surface area contributed by atoms with E-state index in [0.717, 1.165) is 4.90 Å². The lowest BCUT2D eigenvalue weighted by Crippen LogP contribution is -2.37. The number of likely N-dealkylation sites (tertiary alicyclic amines) is 1. The first-order valence-electron chi connectivity index (χ1n) is 7.90. The molecule has 1 aromatic carbocycles. The molecule has 0 bridgehead atoms. The van der Waals surface area contributed by atoms with Crippen molar-refractivity contribution in [2.75, 3.05) is 13.1 Å². The molecular weight excluding hydrogens is 339 g/mol. The number of halogens is 3. The third kappa shape index (κ3) is 3.12. The van der Waals surface area contributed by atoms with Gasteiger partial charge in [-0.15, -0.1) is 0 Å². The molecule has 1 aromatic rings. The van der Waals surface area contributed by atoms with Crippen LogP contribution in [-0.2, 0) is 9.59 Å². The molecule has 0 aromatic heterocycles. The van der Waals surface area contributed by atoms with Crippen molar-refractivity contribution in [2.24, 2.45) is 11.8 Å². The van der Waals surface area contributed by atoms with Crippen molar-refractivity contribution in [3.63, 3.8) is 0 Å². The number of carboxylic acid groups (broad SMARTS) is 1. The average Bonchev–Trinajstić information content (AvgIpc) is 3.01. The number of carboxylic acids is 1. The fourth-order valence-corrected chi connectivity index (χ4v) is 3.66. The van der Waals surface area contributed by atoms with Gasteiger partial charge in [0.1, 0.15) is 0 Å². The molecule has 0 radical (unpaired) electrons. The van der Waals surface area contributed by atoms with Gasteiger partial charge in [-0.2, -0.15) is 13.2 Å². The van der Waals surface area contributed by atoms with Gasteiger partial charge in [0.2, 0.25) is 5.91 Å². The van der Waals surface area contributed by atoms with E-state index in [1.54, 1.807) is 24.3 Å². The minimum atomic E-state index is -4.68. The van der Waals surface area contributed by atoms with Gasteiger partial charge in [-0.25, -0.2) is 0 Å². The maximum Gasteiger partial charge on any atom is 0.394 e. The van der Waals surface area contributed by atoms with E-state index in [0.29, 0.717) is 11.1 Å². The lowest BCUT2D eigenvalue weighted by Gasteiger charge is -2.28. The largest absolute Gasteiger partial charge is 0.481 e. The van der Waals surface area contributed by atoms with E-state index < -0.39 is 48.9 Å². The highest BCUT2D eigenvalue weighted by Gasteiger charge is 2.54. The van der Waals surface area contributed by atoms with Crippen LogP contribution >= 0.6 is 0 Å². The van der Waals surface area contributed by atoms with E-state index in [9.17, 15) is 27.6 Å². The predicted molar refractivity (Wildman–Crippen MR) is 80.0 cm³/mol. The molecule has 1 fully saturated rings. The predicted octanol–water partition coefficient (Wildman–Crippen LogP) is 2.47. The van der Waals surface area contributed by atoms with Gasteiger partial charge in [0.05, 0.1) is 17.8 Å². The number of carbonyl (C=O) groups excluding carboxylic acids is 2. The molecule has 1 amide bonds. The number of Topliss-reactive ketones (excluding diaryl/α,β-unsaturated/α-hetero) is 1. The number of ketones is 1. The second-order valence-corrected chi connectivity index (χ2v) is 6.44. The minimum absolute atomic E-state index is 0.0994. The van der Waals surface area contributed by atoms with Crippen molar-refractivity contribution in [1.82, 2.24) is 4.90 Å². The lowest BCUT2D eigenvalue weighted by molar-refractivity contribution is -0.188. The number of hydrogen-bond acceptors (Lipinski definition) is 3. The van der Waals surface area contributed by atoms with Gasteiger partial charge < -0.3 is 10.0 Å². The molecule has 3 atom stereocenters. The summed E-state index contributed by atoms with van der Waals surface area (Å²) in [5.41, 5.74) is 0.916. The Morgan fingerprint density at radius 3 is 2.44 bits per heavy atom. The molecule has 1 heterocycles. The number of hydrogen-bond donors (Lipinski definition) is 1. The SMILES string of the molecule is O=C1CCC(C(=O)N2C[C@@H](C(F)(F)F)[C@H](C(=O)O)C2)c2ccccc21. The molecule has 0 spiro atoms. The molecule has 0 saturated carbocycles. The molecule has 1 aliphatic heterocycles. The Balaban J connectivity index is 1.86. The van der Waals surface area contributed by atoms with Gasteiger partial charge in [-0.05, 0) is 12.0 Å². The molecule has 25 heavy (non-hydrogen) atoms. The summed E-state index contributed by atoms with van der Waals surface area (Å²) in [6, 6.07) is 6.56. The zero-order valence-corrected chi connectivity index (χ0v) is 13.1. The number of aliphatic carboxylic acids is 1. The summed E-state index contributed by atoms with van der Waals surface area (Å²) in [5.74, 6) is -6.65. The fraction of sp³-hybridized carbons (Fsp3) is 0.471. The summed E-state index contributed by atoms with van der Waals surface area (Å²) in [5, 5.41) is 9.07. The summed E-state index contributed by atoms with van der Waals surface area (Å²) < 4.78 is 39.3. The summed E-state index contributed by atoms with van der Waals surface area (Å²) in [7, 11) is 0. The van der Waals surface area contributed by atoms with Crippen molar-refractivity contribution >= 4 is 17.7 Å². The van der Waals surface area contributed by atoms with Gasteiger partial charge in [0.15, 0.2) is 5.78 Å². The van der Waals surface area contributed by atoms with Crippen LogP contribution in [0, 0.1) is 11.8 Å². The summed E-state index contributed by atoms with van der Waals surface area (Å²) >= 11 is 0. The maximum absolute atomic E-state index is 13.1. The van der Waals surface area contributed by atoms with Crippen molar-refractivity contribution in [2.45, 2.75) is 24.9 Å². The van der Waals surface area contributed by atoms with Crippen LogP contribution in [0.1, 0.15) is 34.7 Å². The Morgan fingerprint density at radius 1 is 1.16 bits per heavy atom. The van der Waals surface area contributed by atoms with E-state index >= 15 is 0 Å². The van der Waals surface area contributed by atoms with Crippen molar-refractivity contribution in [3.05, 3.63) is 35.4 Å². The molecule has 3 rings (SSSR count). The molecule has 1 unspecified atom stereocenters. The van der Waals surface area contributed by atoms with Crippen molar-refractivity contribution < 1.29 is 32.7 Å². The Bertz CT molecular complexity index is 731. The lowest BCUT2D eigenvalue weighted by atomic mass is 9.81. The third-order valence-corrected chi connectivity index (χ3v) is 4.96. The Hall–Kier alpha value is -2.38. The van der Waals surface area contributed by atoms with Crippen LogP contribution in [0.15, 0.2) is 24.3 Å². The van der Waals surface area contributed by atoms with E-state index in [4.69, 9.17) is 5.11 Å². The molecule has 134 valence electrons. The number of rotatable bonds is 2. The first kappa shape index (κ1) is 17.4. The molecule has 1 N–H and O–H groups in total. The standard InChI is InChI=1S/C17H16F3NO4/c18-17(19,20)13-8-21(7-12(13)16(24)25)15(23)11-5-6-14(22)10-4-2-1-3-9(10)11/h1-4,11-13H,5-8H2,(H,24,25)/t11?,12-,13-/m1/s1. The number of amides is 1. The van der Waals surface area contributed by atoms with Gasteiger partial charge in [-0.3, -0.25) is 14.4 Å². The second kappa shape index (κ2) is 6.16. The van der Waals surface area contributed by atoms with Gasteiger partial charge in [0, 0.05) is 25.1 Å². The highest BCUT2D eigenvalue weighted by atomic mass is 19.4. The van der Waals surface area contributed by atoms with Crippen molar-refractivity contribution in [3.8, 4) is 0 Å². The maximum atomic E-state index is 13.1. The fourth-order valence-electron chi connectivity index (χ4n) is 3.66. The van der Waals surface area contributed by atoms with Gasteiger partial charge in [0.25, 0.3) is 0 Å². The van der Waals surface area contributed by atoms with Crippen LogP contribution in [0.4, 0.5) is 13.2 Å². The van der Waals surface area contributed by atoms with E-state index in [2.05, 4.69) is 0 Å². The third-order valence-electron chi connectivity index (χ3n) is 4.96. The first-order chi connectivity index (χ1) is 11.7. The average molecular weight is 355 g/mol. The molecular formula is C17H16F3NO4. The van der Waals surface area contributed by atoms with Crippen LogP contribution in [0.25, 0.3) is 0 Å². The Labute approximate surface area is 141 Å². The van der Waals surface area contributed by atoms with Gasteiger partial charge >= 0.3 is 12.1 Å². The summed E-state index contributed by atoms with van der Waals surface area (Å²) in [6.07, 6.45) is -4.32. The number of alkyl halides is 3. The number of carbonyl (C=O) groups is 3. The monoisotopic (exact) mass is 355 g/mol. The quantitative estimate of drug-likeness (QED) is 0.884. The summed E-state index contributed by atoms with van der Waals surface area (Å²) in [6.45, 7) is -1.13. The smallest absolute Gasteiger partial charge is 0.394 e. The normalized spacial score (nSPS) is 26.4. The van der Waals surface area contributed by atoms with Crippen LogP contribution in [0.5, 0.6) is 0 Å². The van der Waals surface area contributed by atoms with E-state index in [1.807, 2.05) is 0 Å². The zero-order valence-electron chi connectivity index (χ0n) is 13.1. The highest BCUT2D eigenvalue weighted by molar-refractivity contribution is 6.01. The number of benzene rings is 1. The molecule has 2 aliphatic rings. The van der Waals surface area contributed by atoms with E-state index in [1.165, 1.54) is 0 Å². The topological polar surface area (TPSA) is 74.7 Å².